The molecule has 1 nitrogen and oxygen atoms in total. The fourth-order valence-electron chi connectivity index (χ4n) is 9.96. The van der Waals surface area contributed by atoms with Crippen LogP contribution in [0.4, 0.5) is 0 Å². The van der Waals surface area contributed by atoms with Crippen LogP contribution in [0.1, 0.15) is 115 Å². The van der Waals surface area contributed by atoms with E-state index in [2.05, 4.69) is 54.5 Å². The zero-order valence-electron chi connectivity index (χ0n) is 22.8. The van der Waals surface area contributed by atoms with Crippen LogP contribution in [0, 0.1) is 66.1 Å². The highest BCUT2D eigenvalue weighted by Crippen LogP contribution is 2.68. The van der Waals surface area contributed by atoms with E-state index in [-0.39, 0.29) is 0 Å². The van der Waals surface area contributed by atoms with Crippen LogP contribution < -0.4 is 0 Å². The van der Waals surface area contributed by atoms with Crippen molar-refractivity contribution < 1.29 is 0 Å². The second-order valence-electron chi connectivity index (χ2n) is 14.1. The number of rotatable bonds is 5. The maximum atomic E-state index is 5.07. The van der Waals surface area contributed by atoms with Crippen molar-refractivity contribution >= 4 is 0 Å². The molecule has 8 unspecified atom stereocenters. The molecule has 0 radical (unpaired) electrons. The summed E-state index contributed by atoms with van der Waals surface area (Å²) >= 11 is 0. The zero-order valence-corrected chi connectivity index (χ0v) is 22.8. The van der Waals surface area contributed by atoms with Gasteiger partial charge in [0.05, 0.1) is 0 Å². The van der Waals surface area contributed by atoms with E-state index in [1.165, 1.54) is 87.6 Å². The summed E-state index contributed by atoms with van der Waals surface area (Å²) in [5.74, 6) is 6.53. The largest absolute Gasteiger partial charge is 0.258 e. The average molecular weight is 450 g/mol. The van der Waals surface area contributed by atoms with Crippen LogP contribution in [0.25, 0.3) is 0 Å². The fraction of sp³-hybridized carbons (Fsp3) is 0.844. The maximum absolute atomic E-state index is 5.07. The first-order valence-corrected chi connectivity index (χ1v) is 14.6. The number of nitrogens with zero attached hydrogens (tertiary/aromatic N) is 1. The van der Waals surface area contributed by atoms with Crippen molar-refractivity contribution in [2.75, 3.05) is 0 Å². The van der Waals surface area contributed by atoms with Gasteiger partial charge in [-0.2, -0.15) is 0 Å². The third kappa shape index (κ3) is 3.92. The van der Waals surface area contributed by atoms with E-state index in [9.17, 15) is 0 Å². The molecule has 1 aromatic rings. The van der Waals surface area contributed by atoms with Crippen molar-refractivity contribution in [2.45, 2.75) is 119 Å². The predicted molar refractivity (Wildman–Crippen MR) is 140 cm³/mol. The topological polar surface area (TPSA) is 12.9 Å². The van der Waals surface area contributed by atoms with Gasteiger partial charge in [-0.1, -0.05) is 59.9 Å². The van der Waals surface area contributed by atoms with Gasteiger partial charge in [-0.3, -0.25) is 4.98 Å². The van der Waals surface area contributed by atoms with Crippen molar-refractivity contribution in [1.82, 2.24) is 4.98 Å². The Bertz CT molecular complexity index is 869. The lowest BCUT2D eigenvalue weighted by Gasteiger charge is -2.60. The second kappa shape index (κ2) is 8.67. The van der Waals surface area contributed by atoms with Crippen LogP contribution in [0.15, 0.2) is 6.07 Å². The Morgan fingerprint density at radius 1 is 0.939 bits per heavy atom. The quantitative estimate of drug-likeness (QED) is 0.438. The summed E-state index contributed by atoms with van der Waals surface area (Å²) in [6.45, 7) is 17.3. The lowest BCUT2D eigenvalue weighted by atomic mass is 9.44. The molecule has 0 amide bonds. The molecule has 0 saturated heterocycles. The molecule has 8 atom stereocenters. The Morgan fingerprint density at radius 3 is 2.45 bits per heavy atom. The number of pyridine rings is 1. The highest BCUT2D eigenvalue weighted by molar-refractivity contribution is 5.34. The average Bonchev–Trinajstić information content (AvgIpc) is 3.10. The van der Waals surface area contributed by atoms with Crippen LogP contribution in [-0.2, 0) is 12.8 Å². The van der Waals surface area contributed by atoms with E-state index in [4.69, 9.17) is 4.98 Å². The molecule has 5 rings (SSSR count). The minimum Gasteiger partial charge on any atom is -0.258 e. The molecule has 4 aliphatic rings. The van der Waals surface area contributed by atoms with E-state index in [0.29, 0.717) is 10.8 Å². The van der Waals surface area contributed by atoms with Gasteiger partial charge in [-0.05, 0) is 129 Å². The van der Waals surface area contributed by atoms with Crippen molar-refractivity contribution in [3.8, 4) is 0 Å². The summed E-state index contributed by atoms with van der Waals surface area (Å²) < 4.78 is 0. The molecule has 3 saturated carbocycles. The van der Waals surface area contributed by atoms with Crippen molar-refractivity contribution in [3.63, 3.8) is 0 Å². The molecule has 3 fully saturated rings. The minimum absolute atomic E-state index is 0.502. The standard InChI is InChI=1S/C32H51N/c1-20(2)9-8-10-21(3)27-13-14-28-26-12-11-25-18-30-24(17-22(4)23(5)33-30)19-32(25,7)29(26)15-16-31(27,28)6/h17,20-21,25-29H,8-16,18-19H2,1-7H3. The highest BCUT2D eigenvalue weighted by Gasteiger charge is 2.60. The number of aryl methyl sites for hydroxylation is 2. The Labute approximate surface area is 204 Å². The van der Waals surface area contributed by atoms with Crippen molar-refractivity contribution in [3.05, 3.63) is 28.6 Å². The lowest BCUT2D eigenvalue weighted by molar-refractivity contribution is -0.103. The van der Waals surface area contributed by atoms with Gasteiger partial charge in [0.25, 0.3) is 0 Å². The summed E-state index contributed by atoms with van der Waals surface area (Å²) in [6.07, 6.45) is 15.8. The minimum atomic E-state index is 0.502. The van der Waals surface area contributed by atoms with Crippen LogP contribution >= 0.6 is 0 Å². The molecule has 184 valence electrons. The molecule has 0 bridgehead atoms. The highest BCUT2D eigenvalue weighted by atomic mass is 14.7. The first-order valence-electron chi connectivity index (χ1n) is 14.6. The normalized spacial score (nSPS) is 40.7. The molecule has 1 heteroatoms. The van der Waals surface area contributed by atoms with Crippen LogP contribution in [-0.4, -0.2) is 4.98 Å². The predicted octanol–water partition coefficient (Wildman–Crippen LogP) is 8.73. The van der Waals surface area contributed by atoms with Crippen LogP contribution in [0.2, 0.25) is 0 Å². The smallest absolute Gasteiger partial charge is 0.0442 e. The van der Waals surface area contributed by atoms with E-state index in [1.54, 1.807) is 5.56 Å². The van der Waals surface area contributed by atoms with Gasteiger partial charge >= 0.3 is 0 Å². The molecule has 1 aromatic heterocycles. The molecule has 1 heterocycles. The van der Waals surface area contributed by atoms with Gasteiger partial charge in [0, 0.05) is 11.4 Å². The molecule has 0 aliphatic heterocycles. The summed E-state index contributed by atoms with van der Waals surface area (Å²) in [5.41, 5.74) is 6.79. The summed E-state index contributed by atoms with van der Waals surface area (Å²) in [5, 5.41) is 0. The summed E-state index contributed by atoms with van der Waals surface area (Å²) in [7, 11) is 0. The summed E-state index contributed by atoms with van der Waals surface area (Å²) in [4.78, 5) is 5.07. The SMILES string of the molecule is Cc1cc2c(nc1C)CC1CCC3C(CCC4(C)C(C(C)CCCC(C)C)CCC34)C1(C)C2. The van der Waals surface area contributed by atoms with Gasteiger partial charge < -0.3 is 0 Å². The third-order valence-electron chi connectivity index (χ3n) is 11.9. The number of fused-ring (bicyclic) bond motifs is 6. The lowest BCUT2D eigenvalue weighted by Crippen LogP contribution is -2.54. The molecular formula is C32H51N. The molecule has 0 N–H and O–H groups in total. The van der Waals surface area contributed by atoms with E-state index in [0.717, 1.165) is 41.4 Å². The zero-order chi connectivity index (χ0) is 23.5. The van der Waals surface area contributed by atoms with E-state index < -0.39 is 0 Å². The van der Waals surface area contributed by atoms with E-state index >= 15 is 0 Å². The molecule has 33 heavy (non-hydrogen) atoms. The van der Waals surface area contributed by atoms with Gasteiger partial charge in [0.1, 0.15) is 0 Å². The number of hydrogen-bond donors (Lipinski definition) is 0. The first kappa shape index (κ1) is 23.9. The van der Waals surface area contributed by atoms with Crippen molar-refractivity contribution in [1.29, 1.82) is 0 Å². The number of hydrogen-bond acceptors (Lipinski definition) is 1. The molecule has 0 aromatic carbocycles. The van der Waals surface area contributed by atoms with Crippen LogP contribution in [0.5, 0.6) is 0 Å². The third-order valence-corrected chi connectivity index (χ3v) is 11.9. The Hall–Kier alpha value is -0.850. The van der Waals surface area contributed by atoms with E-state index in [1.807, 2.05) is 0 Å². The van der Waals surface area contributed by atoms with Crippen LogP contribution in [0.3, 0.4) is 0 Å². The Balaban J connectivity index is 1.35. The second-order valence-corrected chi connectivity index (χ2v) is 14.1. The van der Waals surface area contributed by atoms with Gasteiger partial charge in [-0.15, -0.1) is 0 Å². The fourth-order valence-corrected chi connectivity index (χ4v) is 9.96. The van der Waals surface area contributed by atoms with Gasteiger partial charge in [0.15, 0.2) is 0 Å². The Kier molecular flexibility index (Phi) is 6.27. The maximum Gasteiger partial charge on any atom is 0.0442 e. The number of aromatic nitrogens is 1. The molecule has 0 spiro atoms. The van der Waals surface area contributed by atoms with Gasteiger partial charge in [0.2, 0.25) is 0 Å². The monoisotopic (exact) mass is 449 g/mol. The Morgan fingerprint density at radius 2 is 1.70 bits per heavy atom. The molecule has 4 aliphatic carbocycles. The van der Waals surface area contributed by atoms with Gasteiger partial charge in [-0.25, -0.2) is 0 Å². The van der Waals surface area contributed by atoms with Crippen molar-refractivity contribution in [2.24, 2.45) is 52.3 Å². The summed E-state index contributed by atoms with van der Waals surface area (Å²) in [6, 6.07) is 2.50. The first-order chi connectivity index (χ1) is 15.6. The molecular weight excluding hydrogens is 398 g/mol.